The third-order valence-electron chi connectivity index (χ3n) is 6.40. The fourth-order valence-electron chi connectivity index (χ4n) is 4.81. The predicted molar refractivity (Wildman–Crippen MR) is 123 cm³/mol. The highest BCUT2D eigenvalue weighted by molar-refractivity contribution is 7.16. The van der Waals surface area contributed by atoms with Crippen LogP contribution in [0.5, 0.6) is 11.5 Å². The largest absolute Gasteiger partial charge is 0.493 e. The number of primary amides is 1. The maximum atomic E-state index is 11.1. The summed E-state index contributed by atoms with van der Waals surface area (Å²) in [6.07, 6.45) is 2.53. The van der Waals surface area contributed by atoms with Crippen molar-refractivity contribution in [1.29, 1.82) is 0 Å². The van der Waals surface area contributed by atoms with Gasteiger partial charge in [0.1, 0.15) is 5.60 Å². The van der Waals surface area contributed by atoms with E-state index in [-0.39, 0.29) is 24.9 Å². The van der Waals surface area contributed by atoms with Crippen molar-refractivity contribution in [3.63, 3.8) is 0 Å². The minimum absolute atomic E-state index is 0.0277. The van der Waals surface area contributed by atoms with Crippen LogP contribution in [0.3, 0.4) is 0 Å². The van der Waals surface area contributed by atoms with Gasteiger partial charge >= 0.3 is 0 Å². The SMILES string of the molecule is COc1ccc(CN2CC[C@]3(C[C@@H]2C)OCCc2c3sc(Cl)c2CO)cc1OCC(N)=O. The minimum atomic E-state index is -0.530. The molecule has 1 aromatic carbocycles. The quantitative estimate of drug-likeness (QED) is 0.632. The molecule has 1 amide bonds. The zero-order valence-corrected chi connectivity index (χ0v) is 19.9. The lowest BCUT2D eigenvalue weighted by Crippen LogP contribution is -2.50. The molecule has 1 saturated heterocycles. The van der Waals surface area contributed by atoms with Gasteiger partial charge < -0.3 is 25.1 Å². The molecule has 9 heteroatoms. The second-order valence-electron chi connectivity index (χ2n) is 8.43. The Balaban J connectivity index is 1.50. The molecular weight excluding hydrogens is 452 g/mol. The molecule has 0 unspecified atom stereocenters. The van der Waals surface area contributed by atoms with Crippen LogP contribution >= 0.6 is 22.9 Å². The van der Waals surface area contributed by atoms with E-state index in [0.29, 0.717) is 22.4 Å². The number of hydrogen-bond donors (Lipinski definition) is 2. The van der Waals surface area contributed by atoms with E-state index in [9.17, 15) is 9.90 Å². The summed E-state index contributed by atoms with van der Waals surface area (Å²) in [4.78, 5) is 14.7. The Morgan fingerprint density at radius 1 is 1.44 bits per heavy atom. The molecule has 0 saturated carbocycles. The molecule has 32 heavy (non-hydrogen) atoms. The van der Waals surface area contributed by atoms with Gasteiger partial charge in [-0.3, -0.25) is 9.69 Å². The smallest absolute Gasteiger partial charge is 0.255 e. The molecule has 2 aliphatic rings. The number of fused-ring (bicyclic) bond motifs is 2. The molecule has 174 valence electrons. The van der Waals surface area contributed by atoms with Gasteiger partial charge in [-0.25, -0.2) is 0 Å². The molecule has 1 aromatic heterocycles. The van der Waals surface area contributed by atoms with Gasteiger partial charge in [0.15, 0.2) is 18.1 Å². The molecule has 2 aromatic rings. The van der Waals surface area contributed by atoms with Crippen LogP contribution in [0.1, 0.15) is 41.3 Å². The third-order valence-corrected chi connectivity index (χ3v) is 8.11. The summed E-state index contributed by atoms with van der Waals surface area (Å²) in [6.45, 7) is 4.26. The number of thiophene rings is 1. The summed E-state index contributed by atoms with van der Waals surface area (Å²) >= 11 is 8.00. The molecule has 1 spiro atoms. The summed E-state index contributed by atoms with van der Waals surface area (Å²) < 4.78 is 17.9. The Labute approximate surface area is 197 Å². The summed E-state index contributed by atoms with van der Waals surface area (Å²) in [7, 11) is 1.57. The number of nitrogens with two attached hydrogens (primary N) is 1. The average Bonchev–Trinajstić information content (AvgIpc) is 3.11. The lowest BCUT2D eigenvalue weighted by Gasteiger charge is -2.47. The van der Waals surface area contributed by atoms with E-state index < -0.39 is 5.91 Å². The van der Waals surface area contributed by atoms with Gasteiger partial charge in [-0.1, -0.05) is 17.7 Å². The molecule has 3 N–H and O–H groups in total. The van der Waals surface area contributed by atoms with E-state index in [1.165, 1.54) is 10.4 Å². The van der Waals surface area contributed by atoms with E-state index in [1.54, 1.807) is 18.4 Å². The zero-order chi connectivity index (χ0) is 22.9. The molecule has 0 radical (unpaired) electrons. The van der Waals surface area contributed by atoms with Crippen molar-refractivity contribution in [2.24, 2.45) is 5.73 Å². The number of methoxy groups -OCH3 is 1. The number of rotatable bonds is 7. The number of aliphatic hydroxyl groups excluding tert-OH is 1. The summed E-state index contributed by atoms with van der Waals surface area (Å²) in [5.74, 6) is 0.547. The fourth-order valence-corrected chi connectivity index (χ4v) is 6.49. The second-order valence-corrected chi connectivity index (χ2v) is 10.0. The second kappa shape index (κ2) is 9.57. The highest BCUT2D eigenvalue weighted by Crippen LogP contribution is 2.50. The molecule has 2 aliphatic heterocycles. The first kappa shape index (κ1) is 23.3. The number of nitrogens with zero attached hydrogens (tertiary/aromatic N) is 1. The van der Waals surface area contributed by atoms with Gasteiger partial charge in [0.25, 0.3) is 5.91 Å². The molecule has 0 bridgehead atoms. The van der Waals surface area contributed by atoms with Crippen LogP contribution in [-0.2, 0) is 34.7 Å². The number of amides is 1. The third kappa shape index (κ3) is 4.47. The number of carbonyl (C=O) groups excluding carboxylic acids is 1. The summed E-state index contributed by atoms with van der Waals surface area (Å²) in [6, 6.07) is 6.04. The van der Waals surface area contributed by atoms with E-state index in [2.05, 4.69) is 11.8 Å². The molecule has 4 rings (SSSR count). The normalized spacial score (nSPS) is 23.2. The van der Waals surface area contributed by atoms with Crippen molar-refractivity contribution in [2.75, 3.05) is 26.9 Å². The Morgan fingerprint density at radius 2 is 2.25 bits per heavy atom. The van der Waals surface area contributed by atoms with Crippen LogP contribution in [0.25, 0.3) is 0 Å². The summed E-state index contributed by atoms with van der Waals surface area (Å²) in [5, 5.41) is 9.77. The first-order valence-corrected chi connectivity index (χ1v) is 11.9. The van der Waals surface area contributed by atoms with Crippen molar-refractivity contribution in [2.45, 2.75) is 51.0 Å². The highest BCUT2D eigenvalue weighted by Gasteiger charge is 2.45. The summed E-state index contributed by atoms with van der Waals surface area (Å²) in [5.41, 5.74) is 8.00. The highest BCUT2D eigenvalue weighted by atomic mass is 35.5. The van der Waals surface area contributed by atoms with Crippen molar-refractivity contribution in [3.05, 3.63) is 44.1 Å². The molecule has 7 nitrogen and oxygen atoms in total. The molecule has 3 heterocycles. The van der Waals surface area contributed by atoms with Gasteiger partial charge in [-0.2, -0.15) is 0 Å². The molecule has 2 atom stereocenters. The van der Waals surface area contributed by atoms with Crippen molar-refractivity contribution in [1.82, 2.24) is 4.90 Å². The van der Waals surface area contributed by atoms with Gasteiger partial charge in [-0.15, -0.1) is 11.3 Å². The first-order chi connectivity index (χ1) is 15.4. The molecule has 1 fully saturated rings. The van der Waals surface area contributed by atoms with Gasteiger partial charge in [0, 0.05) is 29.6 Å². The predicted octanol–water partition coefficient (Wildman–Crippen LogP) is 3.22. The fraction of sp³-hybridized carbons (Fsp3) is 0.522. The number of likely N-dealkylation sites (tertiary alicyclic amines) is 1. The molecule has 0 aliphatic carbocycles. The molecular formula is C23H29ClN2O5S. The number of piperidine rings is 1. The van der Waals surface area contributed by atoms with Gasteiger partial charge in [0.2, 0.25) is 0 Å². The van der Waals surface area contributed by atoms with Crippen LogP contribution in [0, 0.1) is 0 Å². The number of hydrogen-bond acceptors (Lipinski definition) is 7. The zero-order valence-electron chi connectivity index (χ0n) is 18.4. The Kier molecular flexibility index (Phi) is 6.97. The van der Waals surface area contributed by atoms with E-state index >= 15 is 0 Å². The van der Waals surface area contributed by atoms with Crippen LogP contribution < -0.4 is 15.2 Å². The number of ether oxygens (including phenoxy) is 3. The Bertz CT molecular complexity index is 997. The lowest BCUT2D eigenvalue weighted by atomic mass is 9.81. The van der Waals surface area contributed by atoms with Crippen LogP contribution in [0.15, 0.2) is 18.2 Å². The van der Waals surface area contributed by atoms with Crippen LogP contribution in [0.2, 0.25) is 4.34 Å². The van der Waals surface area contributed by atoms with Gasteiger partial charge in [-0.05, 0) is 49.4 Å². The maximum Gasteiger partial charge on any atom is 0.255 e. The minimum Gasteiger partial charge on any atom is -0.493 e. The number of halogens is 1. The van der Waals surface area contributed by atoms with E-state index in [4.69, 9.17) is 31.5 Å². The lowest BCUT2D eigenvalue weighted by molar-refractivity contribution is -0.119. The number of carbonyl (C=O) groups is 1. The Morgan fingerprint density at radius 3 is 2.94 bits per heavy atom. The monoisotopic (exact) mass is 480 g/mol. The topological polar surface area (TPSA) is 94.2 Å². The van der Waals surface area contributed by atoms with Crippen LogP contribution in [0.4, 0.5) is 0 Å². The standard InChI is InChI=1S/C23H29ClN2O5S/c1-14-10-23(21-16(5-8-31-23)17(12-27)22(24)32-21)6-7-26(14)11-15-3-4-18(29-2)19(9-15)30-13-20(25)28/h3-4,9,14,27H,5-8,10-13H2,1-2H3,(H2,25,28)/t14-,23+/m0/s1. The Hall–Kier alpha value is -1.84. The van der Waals surface area contributed by atoms with Crippen LogP contribution in [-0.4, -0.2) is 48.8 Å². The first-order valence-electron chi connectivity index (χ1n) is 10.7. The van der Waals surface area contributed by atoms with Gasteiger partial charge in [0.05, 0.1) is 24.7 Å². The maximum absolute atomic E-state index is 11.1. The average molecular weight is 481 g/mol. The van der Waals surface area contributed by atoms with Crippen molar-refractivity contribution >= 4 is 28.8 Å². The van der Waals surface area contributed by atoms with E-state index in [1.807, 2.05) is 18.2 Å². The van der Waals surface area contributed by atoms with Crippen molar-refractivity contribution in [3.8, 4) is 11.5 Å². The van der Waals surface area contributed by atoms with Crippen molar-refractivity contribution < 1.29 is 24.1 Å². The van der Waals surface area contributed by atoms with E-state index in [0.717, 1.165) is 43.5 Å². The number of benzene rings is 1. The number of aliphatic hydroxyl groups is 1.